The smallest absolute Gasteiger partial charge is 0.161 e. The van der Waals surface area contributed by atoms with Crippen LogP contribution >= 0.6 is 11.3 Å². The van der Waals surface area contributed by atoms with Crippen LogP contribution in [0.25, 0.3) is 0 Å². The summed E-state index contributed by atoms with van der Waals surface area (Å²) in [6, 6.07) is 12.5. The lowest BCUT2D eigenvalue weighted by atomic mass is 10.2. The summed E-state index contributed by atoms with van der Waals surface area (Å²) in [5.41, 5.74) is 0. The van der Waals surface area contributed by atoms with Crippen molar-refractivity contribution in [1.29, 1.82) is 0 Å². The van der Waals surface area contributed by atoms with Crippen molar-refractivity contribution < 1.29 is 9.47 Å². The van der Waals surface area contributed by atoms with Gasteiger partial charge in [-0.05, 0) is 43.8 Å². The van der Waals surface area contributed by atoms with Gasteiger partial charge in [0.25, 0.3) is 0 Å². The van der Waals surface area contributed by atoms with E-state index in [-0.39, 0.29) is 0 Å². The number of hydrogen-bond acceptors (Lipinski definition) is 4. The minimum atomic E-state index is 0.453. The summed E-state index contributed by atoms with van der Waals surface area (Å²) in [7, 11) is 0. The van der Waals surface area contributed by atoms with Crippen LogP contribution in [0.1, 0.15) is 18.7 Å². The molecule has 0 aliphatic carbocycles. The predicted octanol–water partition coefficient (Wildman–Crippen LogP) is 3.75. The maximum atomic E-state index is 5.79. The molecule has 0 amide bonds. The Balaban J connectivity index is 1.69. The predicted molar refractivity (Wildman–Crippen MR) is 88.6 cm³/mol. The third kappa shape index (κ3) is 5.40. The van der Waals surface area contributed by atoms with Crippen LogP contribution in [-0.2, 0) is 6.42 Å². The molecule has 1 heterocycles. The van der Waals surface area contributed by atoms with Crippen molar-refractivity contribution in [2.75, 3.05) is 19.8 Å². The summed E-state index contributed by atoms with van der Waals surface area (Å²) in [4.78, 5) is 1.41. The van der Waals surface area contributed by atoms with Crippen molar-refractivity contribution in [3.63, 3.8) is 0 Å². The van der Waals surface area contributed by atoms with Gasteiger partial charge in [-0.15, -0.1) is 11.3 Å². The highest BCUT2D eigenvalue weighted by molar-refractivity contribution is 7.09. The molecule has 0 radical (unpaired) electrons. The van der Waals surface area contributed by atoms with Gasteiger partial charge in [-0.1, -0.05) is 18.2 Å². The Hall–Kier alpha value is -1.52. The SMILES string of the molecule is CCOc1ccccc1OCCNC(C)Cc1cccs1. The Morgan fingerprint density at radius 1 is 1.10 bits per heavy atom. The highest BCUT2D eigenvalue weighted by Gasteiger charge is 2.05. The number of thiophene rings is 1. The average Bonchev–Trinajstić information content (AvgIpc) is 2.98. The maximum absolute atomic E-state index is 5.79. The second kappa shape index (κ2) is 8.70. The van der Waals surface area contributed by atoms with Gasteiger partial charge in [0.1, 0.15) is 6.61 Å². The van der Waals surface area contributed by atoms with E-state index in [0.29, 0.717) is 19.3 Å². The number of rotatable bonds is 9. The van der Waals surface area contributed by atoms with Crippen molar-refractivity contribution in [3.8, 4) is 11.5 Å². The number of ether oxygens (including phenoxy) is 2. The Morgan fingerprint density at radius 2 is 1.86 bits per heavy atom. The Bertz CT molecular complexity index is 513. The quantitative estimate of drug-likeness (QED) is 0.716. The van der Waals surface area contributed by atoms with Crippen molar-refractivity contribution in [2.45, 2.75) is 26.3 Å². The van der Waals surface area contributed by atoms with E-state index in [1.165, 1.54) is 4.88 Å². The Kier molecular flexibility index (Phi) is 6.57. The minimum absolute atomic E-state index is 0.453. The van der Waals surface area contributed by atoms with Crippen molar-refractivity contribution in [3.05, 3.63) is 46.7 Å². The van der Waals surface area contributed by atoms with E-state index >= 15 is 0 Å². The molecule has 0 aliphatic rings. The summed E-state index contributed by atoms with van der Waals surface area (Å²) in [5.74, 6) is 1.62. The van der Waals surface area contributed by atoms with Crippen LogP contribution < -0.4 is 14.8 Å². The number of hydrogen-bond donors (Lipinski definition) is 1. The molecule has 0 spiro atoms. The molecular weight excluding hydrogens is 282 g/mol. The van der Waals surface area contributed by atoms with Gasteiger partial charge in [0, 0.05) is 17.5 Å². The molecule has 114 valence electrons. The molecule has 1 aromatic heterocycles. The summed E-state index contributed by atoms with van der Waals surface area (Å²) in [6.45, 7) is 6.29. The van der Waals surface area contributed by atoms with E-state index in [0.717, 1.165) is 24.5 Å². The van der Waals surface area contributed by atoms with Crippen LogP contribution in [-0.4, -0.2) is 25.8 Å². The second-order valence-corrected chi connectivity index (χ2v) is 5.90. The minimum Gasteiger partial charge on any atom is -0.490 e. The van der Waals surface area contributed by atoms with Crippen molar-refractivity contribution in [1.82, 2.24) is 5.32 Å². The first kappa shape index (κ1) is 15.9. The fourth-order valence-corrected chi connectivity index (χ4v) is 2.95. The summed E-state index contributed by atoms with van der Waals surface area (Å²) in [6.07, 6.45) is 1.06. The normalized spacial score (nSPS) is 12.1. The monoisotopic (exact) mass is 305 g/mol. The lowest BCUT2D eigenvalue weighted by Gasteiger charge is -2.15. The first-order valence-electron chi connectivity index (χ1n) is 7.40. The van der Waals surface area contributed by atoms with Gasteiger partial charge in [0.2, 0.25) is 0 Å². The number of para-hydroxylation sites is 2. The molecule has 0 saturated heterocycles. The lowest BCUT2D eigenvalue weighted by molar-refractivity contribution is 0.272. The fraction of sp³-hybridized carbons (Fsp3) is 0.412. The van der Waals surface area contributed by atoms with Gasteiger partial charge in [0.15, 0.2) is 11.5 Å². The molecule has 1 unspecified atom stereocenters. The summed E-state index contributed by atoms with van der Waals surface area (Å²) < 4.78 is 11.3. The standard InChI is InChI=1S/C17H23NO2S/c1-3-19-16-8-4-5-9-17(16)20-11-10-18-14(2)13-15-7-6-12-21-15/h4-9,12,14,18H,3,10-11,13H2,1-2H3. The van der Waals surface area contributed by atoms with E-state index in [4.69, 9.17) is 9.47 Å². The Labute approximate surface area is 130 Å². The lowest BCUT2D eigenvalue weighted by Crippen LogP contribution is -2.31. The van der Waals surface area contributed by atoms with Crippen LogP contribution in [0, 0.1) is 0 Å². The molecule has 2 aromatic rings. The molecule has 1 N–H and O–H groups in total. The third-order valence-corrected chi connectivity index (χ3v) is 3.99. The molecule has 1 atom stereocenters. The molecule has 0 saturated carbocycles. The van der Waals surface area contributed by atoms with E-state index < -0.39 is 0 Å². The van der Waals surface area contributed by atoms with Gasteiger partial charge in [-0.25, -0.2) is 0 Å². The van der Waals surface area contributed by atoms with Gasteiger partial charge in [-0.3, -0.25) is 0 Å². The molecule has 3 nitrogen and oxygen atoms in total. The highest BCUT2D eigenvalue weighted by atomic mass is 32.1. The van der Waals surface area contributed by atoms with Gasteiger partial charge in [-0.2, -0.15) is 0 Å². The fourth-order valence-electron chi connectivity index (χ4n) is 2.11. The van der Waals surface area contributed by atoms with Gasteiger partial charge in [0.05, 0.1) is 6.61 Å². The molecule has 0 aliphatic heterocycles. The highest BCUT2D eigenvalue weighted by Crippen LogP contribution is 2.26. The van der Waals surface area contributed by atoms with Crippen LogP contribution in [0.15, 0.2) is 41.8 Å². The molecule has 0 bridgehead atoms. The summed E-state index contributed by atoms with van der Waals surface area (Å²) in [5, 5.41) is 5.60. The van der Waals surface area contributed by atoms with Crippen LogP contribution in [0.3, 0.4) is 0 Å². The number of nitrogens with one attached hydrogen (secondary N) is 1. The molecule has 4 heteroatoms. The molecule has 1 aromatic carbocycles. The topological polar surface area (TPSA) is 30.5 Å². The molecule has 0 fully saturated rings. The molecule has 21 heavy (non-hydrogen) atoms. The zero-order valence-electron chi connectivity index (χ0n) is 12.7. The zero-order chi connectivity index (χ0) is 14.9. The van der Waals surface area contributed by atoms with E-state index in [9.17, 15) is 0 Å². The maximum Gasteiger partial charge on any atom is 0.161 e. The first-order chi connectivity index (χ1) is 10.3. The van der Waals surface area contributed by atoms with Crippen molar-refractivity contribution in [2.24, 2.45) is 0 Å². The number of benzene rings is 1. The van der Waals surface area contributed by atoms with E-state index in [2.05, 4.69) is 29.8 Å². The Morgan fingerprint density at radius 3 is 2.52 bits per heavy atom. The second-order valence-electron chi connectivity index (χ2n) is 4.87. The van der Waals surface area contributed by atoms with Gasteiger partial charge < -0.3 is 14.8 Å². The largest absolute Gasteiger partial charge is 0.490 e. The van der Waals surface area contributed by atoms with Crippen molar-refractivity contribution >= 4 is 11.3 Å². The third-order valence-electron chi connectivity index (χ3n) is 3.09. The van der Waals surface area contributed by atoms with E-state index in [1.807, 2.05) is 31.2 Å². The van der Waals surface area contributed by atoms with Gasteiger partial charge >= 0.3 is 0 Å². The van der Waals surface area contributed by atoms with Crippen LogP contribution in [0.4, 0.5) is 0 Å². The van der Waals surface area contributed by atoms with Crippen LogP contribution in [0.5, 0.6) is 11.5 Å². The van der Waals surface area contributed by atoms with E-state index in [1.54, 1.807) is 11.3 Å². The average molecular weight is 305 g/mol. The molecular formula is C17H23NO2S. The first-order valence-corrected chi connectivity index (χ1v) is 8.28. The zero-order valence-corrected chi connectivity index (χ0v) is 13.5. The van der Waals surface area contributed by atoms with Crippen LogP contribution in [0.2, 0.25) is 0 Å². The molecule has 2 rings (SSSR count). The summed E-state index contributed by atoms with van der Waals surface area (Å²) >= 11 is 1.81.